The molecule has 0 spiro atoms. The number of aromatic nitrogens is 5. The first kappa shape index (κ1) is 24.4. The molecule has 5 rings (SSSR count). The summed E-state index contributed by atoms with van der Waals surface area (Å²) >= 11 is 1.84. The first-order valence-corrected chi connectivity index (χ1v) is 12.4. The van der Waals surface area contributed by atoms with E-state index in [2.05, 4.69) is 60.9 Å². The van der Waals surface area contributed by atoms with Crippen LogP contribution >= 0.6 is 11.8 Å². The van der Waals surface area contributed by atoms with Gasteiger partial charge in [-0.15, -0.1) is 11.8 Å². The van der Waals surface area contributed by atoms with E-state index in [0.717, 1.165) is 46.5 Å². The highest BCUT2D eigenvalue weighted by molar-refractivity contribution is 8.00. The molecule has 35 heavy (non-hydrogen) atoms. The standard InChI is InChI=1S/C17H20N6.C9H9NOS/c1-12-3-5-14(18-2)9-13(12)4-6-15-10-16(23-22-15)21-17-11-19-7-8-20-17;11-6-7-5-9(3-4-10-7)12-8-1-2-8/h3,5,7-11,18H,4,6H2,1-2H3,(H2,20,21,22,23);3-6,8H,1-2H2. The molecule has 3 aromatic heterocycles. The number of aldehydes is 1. The number of hydrogen-bond acceptors (Lipinski definition) is 8. The summed E-state index contributed by atoms with van der Waals surface area (Å²) in [6.45, 7) is 2.14. The topological polar surface area (TPSA) is 108 Å². The summed E-state index contributed by atoms with van der Waals surface area (Å²) in [4.78, 5) is 23.6. The van der Waals surface area contributed by atoms with Gasteiger partial charge in [-0.25, -0.2) is 4.98 Å². The summed E-state index contributed by atoms with van der Waals surface area (Å²) in [5.74, 6) is 1.43. The number of pyridine rings is 1. The van der Waals surface area contributed by atoms with E-state index >= 15 is 0 Å². The van der Waals surface area contributed by atoms with Crippen molar-refractivity contribution in [3.8, 4) is 0 Å². The van der Waals surface area contributed by atoms with Crippen molar-refractivity contribution in [3.05, 3.63) is 83.7 Å². The summed E-state index contributed by atoms with van der Waals surface area (Å²) < 4.78 is 0. The normalized spacial score (nSPS) is 12.4. The minimum absolute atomic E-state index is 0.528. The van der Waals surface area contributed by atoms with Crippen molar-refractivity contribution in [1.82, 2.24) is 25.1 Å². The van der Waals surface area contributed by atoms with E-state index in [1.807, 2.05) is 37.0 Å². The lowest BCUT2D eigenvalue weighted by Crippen LogP contribution is -1.97. The van der Waals surface area contributed by atoms with Crippen molar-refractivity contribution in [2.75, 3.05) is 17.7 Å². The van der Waals surface area contributed by atoms with E-state index in [-0.39, 0.29) is 0 Å². The van der Waals surface area contributed by atoms with E-state index < -0.39 is 0 Å². The lowest BCUT2D eigenvalue weighted by molar-refractivity contribution is 0.111. The highest BCUT2D eigenvalue weighted by Crippen LogP contribution is 2.38. The summed E-state index contributed by atoms with van der Waals surface area (Å²) in [6.07, 6.45) is 11.9. The predicted molar refractivity (Wildman–Crippen MR) is 141 cm³/mol. The molecule has 0 saturated heterocycles. The number of carbonyl (C=O) groups is 1. The Bertz CT molecular complexity index is 1240. The van der Waals surface area contributed by atoms with Crippen molar-refractivity contribution < 1.29 is 4.79 Å². The zero-order chi connectivity index (χ0) is 24.5. The zero-order valence-electron chi connectivity index (χ0n) is 19.9. The van der Waals surface area contributed by atoms with E-state index in [9.17, 15) is 4.79 Å². The first-order chi connectivity index (χ1) is 17.1. The third-order valence-electron chi connectivity index (χ3n) is 5.45. The lowest BCUT2D eigenvalue weighted by atomic mass is 10.0. The molecule has 0 atom stereocenters. The number of aryl methyl sites for hydroxylation is 3. The van der Waals surface area contributed by atoms with Crippen LogP contribution in [0.4, 0.5) is 17.3 Å². The Morgan fingerprint density at radius 1 is 1.06 bits per heavy atom. The molecular formula is C26H29N7OS. The number of rotatable bonds is 9. The maximum absolute atomic E-state index is 10.4. The SMILES string of the molecule is CNc1ccc(C)c(CCc2cc(Nc3cnccn3)n[nH]2)c1.O=Cc1cc(SC2CC2)ccn1. The van der Waals surface area contributed by atoms with Crippen LogP contribution in [0.3, 0.4) is 0 Å². The summed E-state index contributed by atoms with van der Waals surface area (Å²) in [5, 5.41) is 14.4. The van der Waals surface area contributed by atoms with Gasteiger partial charge >= 0.3 is 0 Å². The van der Waals surface area contributed by atoms with Crippen LogP contribution in [0, 0.1) is 6.92 Å². The van der Waals surface area contributed by atoms with Gasteiger partial charge in [-0.1, -0.05) is 6.07 Å². The average molecular weight is 488 g/mol. The average Bonchev–Trinajstić information content (AvgIpc) is 3.60. The third kappa shape index (κ3) is 7.65. The van der Waals surface area contributed by atoms with Crippen LogP contribution in [0.25, 0.3) is 0 Å². The number of anilines is 3. The molecule has 1 aliphatic carbocycles. The van der Waals surface area contributed by atoms with Crippen LogP contribution in [0.5, 0.6) is 0 Å². The van der Waals surface area contributed by atoms with E-state index in [4.69, 9.17) is 0 Å². The highest BCUT2D eigenvalue weighted by Gasteiger charge is 2.22. The number of hydrogen-bond donors (Lipinski definition) is 3. The molecule has 0 amide bonds. The predicted octanol–water partition coefficient (Wildman–Crippen LogP) is 5.23. The van der Waals surface area contributed by atoms with Gasteiger partial charge in [0.15, 0.2) is 12.1 Å². The number of nitrogens with one attached hydrogen (secondary N) is 3. The smallest absolute Gasteiger partial charge is 0.168 e. The number of benzene rings is 1. The van der Waals surface area contributed by atoms with Gasteiger partial charge in [0.2, 0.25) is 0 Å². The Morgan fingerprint density at radius 2 is 1.94 bits per heavy atom. The van der Waals surface area contributed by atoms with Gasteiger partial charge in [0, 0.05) is 53.2 Å². The number of aromatic amines is 1. The van der Waals surface area contributed by atoms with E-state index in [0.29, 0.717) is 11.5 Å². The maximum atomic E-state index is 10.4. The van der Waals surface area contributed by atoms with Crippen LogP contribution in [0.15, 0.2) is 66.1 Å². The Balaban J connectivity index is 0.000000201. The minimum Gasteiger partial charge on any atom is -0.388 e. The fourth-order valence-corrected chi connectivity index (χ4v) is 4.44. The van der Waals surface area contributed by atoms with Gasteiger partial charge in [0.25, 0.3) is 0 Å². The minimum atomic E-state index is 0.528. The van der Waals surface area contributed by atoms with Gasteiger partial charge in [-0.2, -0.15) is 5.10 Å². The fourth-order valence-electron chi connectivity index (χ4n) is 3.36. The maximum Gasteiger partial charge on any atom is 0.168 e. The molecule has 3 heterocycles. The largest absolute Gasteiger partial charge is 0.388 e. The molecule has 180 valence electrons. The summed E-state index contributed by atoms with van der Waals surface area (Å²) in [6, 6.07) is 12.2. The molecule has 0 aliphatic heterocycles. The molecule has 0 bridgehead atoms. The molecule has 1 aromatic carbocycles. The van der Waals surface area contributed by atoms with Gasteiger partial charge < -0.3 is 10.6 Å². The van der Waals surface area contributed by atoms with Crippen LogP contribution < -0.4 is 10.6 Å². The Hall–Kier alpha value is -3.72. The Morgan fingerprint density at radius 3 is 2.69 bits per heavy atom. The van der Waals surface area contributed by atoms with Gasteiger partial charge in [0.1, 0.15) is 11.5 Å². The molecule has 9 heteroatoms. The number of H-pyrrole nitrogens is 1. The molecule has 1 saturated carbocycles. The van der Waals surface area contributed by atoms with Gasteiger partial charge in [-0.3, -0.25) is 19.9 Å². The van der Waals surface area contributed by atoms with E-state index in [1.165, 1.54) is 24.0 Å². The van der Waals surface area contributed by atoms with Crippen molar-refractivity contribution >= 4 is 35.4 Å². The summed E-state index contributed by atoms with van der Waals surface area (Å²) in [7, 11) is 1.94. The molecule has 1 aliphatic rings. The second kappa shape index (κ2) is 12.1. The van der Waals surface area contributed by atoms with Crippen LogP contribution in [-0.2, 0) is 12.8 Å². The lowest BCUT2D eigenvalue weighted by Gasteiger charge is -2.08. The van der Waals surface area contributed by atoms with Gasteiger partial charge in [0.05, 0.1) is 6.20 Å². The molecule has 0 unspecified atom stereocenters. The first-order valence-electron chi connectivity index (χ1n) is 11.6. The molecule has 0 radical (unpaired) electrons. The number of carbonyl (C=O) groups excluding carboxylic acids is 1. The van der Waals surface area contributed by atoms with Crippen LogP contribution in [0.2, 0.25) is 0 Å². The van der Waals surface area contributed by atoms with Crippen LogP contribution in [0.1, 0.15) is 40.2 Å². The molecule has 1 fully saturated rings. The van der Waals surface area contributed by atoms with E-state index in [1.54, 1.807) is 24.8 Å². The van der Waals surface area contributed by atoms with Crippen LogP contribution in [-0.4, -0.2) is 43.7 Å². The number of thioether (sulfide) groups is 1. The molecular weight excluding hydrogens is 458 g/mol. The number of nitrogens with zero attached hydrogens (tertiary/aromatic N) is 4. The van der Waals surface area contributed by atoms with Crippen molar-refractivity contribution in [2.24, 2.45) is 0 Å². The molecule has 8 nitrogen and oxygen atoms in total. The monoisotopic (exact) mass is 487 g/mol. The van der Waals surface area contributed by atoms with Crippen molar-refractivity contribution in [3.63, 3.8) is 0 Å². The van der Waals surface area contributed by atoms with Gasteiger partial charge in [-0.05, 0) is 68.0 Å². The highest BCUT2D eigenvalue weighted by atomic mass is 32.2. The Kier molecular flexibility index (Phi) is 8.45. The molecule has 4 aromatic rings. The third-order valence-corrected chi connectivity index (χ3v) is 6.78. The molecule has 3 N–H and O–H groups in total. The Labute approximate surface area is 209 Å². The van der Waals surface area contributed by atoms with Crippen molar-refractivity contribution in [1.29, 1.82) is 0 Å². The second-order valence-electron chi connectivity index (χ2n) is 8.24. The van der Waals surface area contributed by atoms with Crippen molar-refractivity contribution in [2.45, 2.75) is 42.8 Å². The summed E-state index contributed by atoms with van der Waals surface area (Å²) in [5.41, 5.74) is 5.41. The quantitative estimate of drug-likeness (QED) is 0.276. The second-order valence-corrected chi connectivity index (χ2v) is 9.61. The fraction of sp³-hybridized carbons (Fsp3) is 0.269. The zero-order valence-corrected chi connectivity index (χ0v) is 20.7.